The molecule has 1 aliphatic rings. The Morgan fingerprint density at radius 3 is 2.70 bits per heavy atom. The summed E-state index contributed by atoms with van der Waals surface area (Å²) in [5.74, 6) is -0.869. The average Bonchev–Trinajstić information content (AvgIpc) is 2.56. The van der Waals surface area contributed by atoms with Crippen LogP contribution in [0.2, 0.25) is 5.02 Å². The van der Waals surface area contributed by atoms with E-state index in [1.165, 1.54) is 32.4 Å². The molecule has 0 aliphatic heterocycles. The molecule has 1 aliphatic carbocycles. The van der Waals surface area contributed by atoms with Gasteiger partial charge in [0.05, 0.1) is 12.8 Å². The lowest BCUT2D eigenvalue weighted by Gasteiger charge is -2.16. The first-order chi connectivity index (χ1) is 11.1. The summed E-state index contributed by atoms with van der Waals surface area (Å²) in [5, 5.41) is 6.76. The minimum atomic E-state index is -0.834. The zero-order chi connectivity index (χ0) is 16.7. The van der Waals surface area contributed by atoms with Gasteiger partial charge in [-0.25, -0.2) is 5.43 Å². The van der Waals surface area contributed by atoms with Gasteiger partial charge in [0.2, 0.25) is 0 Å². The number of halogens is 1. The van der Waals surface area contributed by atoms with Gasteiger partial charge < -0.3 is 10.1 Å². The van der Waals surface area contributed by atoms with Gasteiger partial charge in [-0.05, 0) is 37.0 Å². The van der Waals surface area contributed by atoms with Gasteiger partial charge in [-0.1, -0.05) is 30.9 Å². The van der Waals surface area contributed by atoms with E-state index in [-0.39, 0.29) is 0 Å². The summed E-state index contributed by atoms with van der Waals surface area (Å²) in [5.41, 5.74) is 2.58. The quantitative estimate of drug-likeness (QED) is 0.503. The van der Waals surface area contributed by atoms with E-state index < -0.39 is 11.8 Å². The third kappa shape index (κ3) is 5.25. The summed E-state index contributed by atoms with van der Waals surface area (Å²) in [4.78, 5) is 23.6. The molecule has 0 heterocycles. The summed E-state index contributed by atoms with van der Waals surface area (Å²) in [6, 6.07) is 4.75. The van der Waals surface area contributed by atoms with E-state index in [0.717, 1.165) is 12.8 Å². The number of nitrogens with one attached hydrogen (secondary N) is 2. The first kappa shape index (κ1) is 17.3. The molecule has 2 rings (SSSR count). The number of amides is 2. The van der Waals surface area contributed by atoms with Crippen molar-refractivity contribution in [2.24, 2.45) is 11.0 Å². The van der Waals surface area contributed by atoms with Crippen LogP contribution in [0.5, 0.6) is 5.75 Å². The van der Waals surface area contributed by atoms with Crippen LogP contribution in [0, 0.1) is 5.92 Å². The largest absolute Gasteiger partial charge is 0.495 e. The Bertz CT molecular complexity index is 598. The monoisotopic (exact) mass is 337 g/mol. The Kier molecular flexibility index (Phi) is 6.40. The molecule has 0 unspecified atom stereocenters. The highest BCUT2D eigenvalue weighted by atomic mass is 35.5. The van der Waals surface area contributed by atoms with E-state index >= 15 is 0 Å². The molecule has 124 valence electrons. The van der Waals surface area contributed by atoms with E-state index in [0.29, 0.717) is 22.4 Å². The molecule has 0 bridgehead atoms. The van der Waals surface area contributed by atoms with Gasteiger partial charge in [-0.2, -0.15) is 5.10 Å². The first-order valence-corrected chi connectivity index (χ1v) is 7.96. The van der Waals surface area contributed by atoms with Crippen LogP contribution in [0.3, 0.4) is 0 Å². The number of hydrazone groups is 1. The standard InChI is InChI=1S/C16H20ClN3O3/c1-23-14-8-7-12(17)9-13(14)19-15(21)16(22)20-18-10-11-5-3-2-4-6-11/h7-11H,2-6H2,1H3,(H,19,21)(H,20,22)/b18-10+. The Balaban J connectivity index is 1.88. The minimum Gasteiger partial charge on any atom is -0.495 e. The van der Waals surface area contributed by atoms with Crippen molar-refractivity contribution in [3.63, 3.8) is 0 Å². The van der Waals surface area contributed by atoms with Gasteiger partial charge in [0.15, 0.2) is 0 Å². The lowest BCUT2D eigenvalue weighted by Crippen LogP contribution is -2.32. The second-order valence-corrected chi connectivity index (χ2v) is 5.85. The summed E-state index contributed by atoms with van der Waals surface area (Å²) in [7, 11) is 1.47. The van der Waals surface area contributed by atoms with Gasteiger partial charge in [0, 0.05) is 11.2 Å². The van der Waals surface area contributed by atoms with Crippen LogP contribution in [0.15, 0.2) is 23.3 Å². The van der Waals surface area contributed by atoms with Crippen molar-refractivity contribution in [2.45, 2.75) is 32.1 Å². The van der Waals surface area contributed by atoms with E-state index in [2.05, 4.69) is 15.8 Å². The van der Waals surface area contributed by atoms with E-state index in [1.807, 2.05) is 0 Å². The highest BCUT2D eigenvalue weighted by molar-refractivity contribution is 6.40. The third-order valence-electron chi connectivity index (χ3n) is 3.72. The fraction of sp³-hybridized carbons (Fsp3) is 0.438. The predicted octanol–water partition coefficient (Wildman–Crippen LogP) is 2.97. The van der Waals surface area contributed by atoms with Crippen LogP contribution in [0.4, 0.5) is 5.69 Å². The molecule has 7 heteroatoms. The van der Waals surface area contributed by atoms with Crippen molar-refractivity contribution in [1.29, 1.82) is 0 Å². The second kappa shape index (κ2) is 8.53. The van der Waals surface area contributed by atoms with Crippen molar-refractivity contribution in [2.75, 3.05) is 12.4 Å². The smallest absolute Gasteiger partial charge is 0.329 e. The van der Waals surface area contributed by atoms with Crippen molar-refractivity contribution in [3.05, 3.63) is 23.2 Å². The first-order valence-electron chi connectivity index (χ1n) is 7.58. The molecule has 0 spiro atoms. The van der Waals surface area contributed by atoms with Crippen LogP contribution in [0.25, 0.3) is 0 Å². The zero-order valence-corrected chi connectivity index (χ0v) is 13.7. The molecule has 1 fully saturated rings. The van der Waals surface area contributed by atoms with Crippen molar-refractivity contribution in [3.8, 4) is 5.75 Å². The van der Waals surface area contributed by atoms with Crippen LogP contribution < -0.4 is 15.5 Å². The number of carbonyl (C=O) groups is 2. The molecule has 0 radical (unpaired) electrons. The summed E-state index contributed by atoms with van der Waals surface area (Å²) < 4.78 is 5.11. The molecule has 0 aromatic heterocycles. The number of ether oxygens (including phenoxy) is 1. The topological polar surface area (TPSA) is 79.8 Å². The van der Waals surface area contributed by atoms with E-state index in [9.17, 15) is 9.59 Å². The molecule has 0 atom stereocenters. The lowest BCUT2D eigenvalue weighted by atomic mass is 9.90. The Hall–Kier alpha value is -2.08. The Morgan fingerprint density at radius 1 is 1.26 bits per heavy atom. The molecule has 1 aromatic carbocycles. The minimum absolute atomic E-state index is 0.330. The fourth-order valence-electron chi connectivity index (χ4n) is 2.49. The highest BCUT2D eigenvalue weighted by Crippen LogP contribution is 2.27. The van der Waals surface area contributed by atoms with Crippen molar-refractivity contribution in [1.82, 2.24) is 5.43 Å². The van der Waals surface area contributed by atoms with Gasteiger partial charge in [-0.3, -0.25) is 9.59 Å². The van der Waals surface area contributed by atoms with Crippen molar-refractivity contribution >= 4 is 35.3 Å². The van der Waals surface area contributed by atoms with Gasteiger partial charge in [-0.15, -0.1) is 0 Å². The molecule has 1 aromatic rings. The number of rotatable bonds is 4. The summed E-state index contributed by atoms with van der Waals surface area (Å²) >= 11 is 5.88. The molecule has 6 nitrogen and oxygen atoms in total. The van der Waals surface area contributed by atoms with Crippen LogP contribution in [-0.4, -0.2) is 25.1 Å². The van der Waals surface area contributed by atoms with E-state index in [4.69, 9.17) is 16.3 Å². The molecule has 0 saturated heterocycles. The Labute approximate surface area is 140 Å². The molecule has 2 amide bonds. The fourth-order valence-corrected chi connectivity index (χ4v) is 2.66. The molecular formula is C16H20ClN3O3. The maximum Gasteiger partial charge on any atom is 0.329 e. The summed E-state index contributed by atoms with van der Waals surface area (Å²) in [6.45, 7) is 0. The van der Waals surface area contributed by atoms with Gasteiger partial charge in [0.1, 0.15) is 5.75 Å². The van der Waals surface area contributed by atoms with E-state index in [1.54, 1.807) is 18.3 Å². The maximum atomic E-state index is 11.9. The van der Waals surface area contributed by atoms with Crippen molar-refractivity contribution < 1.29 is 14.3 Å². The van der Waals surface area contributed by atoms with Crippen LogP contribution >= 0.6 is 11.6 Å². The second-order valence-electron chi connectivity index (χ2n) is 5.42. The molecule has 23 heavy (non-hydrogen) atoms. The highest BCUT2D eigenvalue weighted by Gasteiger charge is 2.16. The Morgan fingerprint density at radius 2 is 2.00 bits per heavy atom. The van der Waals surface area contributed by atoms with Gasteiger partial charge in [0.25, 0.3) is 0 Å². The van der Waals surface area contributed by atoms with Crippen LogP contribution in [0.1, 0.15) is 32.1 Å². The van der Waals surface area contributed by atoms with Gasteiger partial charge >= 0.3 is 11.8 Å². The maximum absolute atomic E-state index is 11.9. The van der Waals surface area contributed by atoms with Crippen LogP contribution in [-0.2, 0) is 9.59 Å². The molecular weight excluding hydrogens is 318 g/mol. The number of nitrogens with zero attached hydrogens (tertiary/aromatic N) is 1. The number of benzene rings is 1. The number of hydrogen-bond donors (Lipinski definition) is 2. The molecule has 2 N–H and O–H groups in total. The predicted molar refractivity (Wildman–Crippen MR) is 89.8 cm³/mol. The number of methoxy groups -OCH3 is 1. The lowest BCUT2D eigenvalue weighted by molar-refractivity contribution is -0.136. The number of hydrogen-bond acceptors (Lipinski definition) is 4. The number of carbonyl (C=O) groups excluding carboxylic acids is 2. The molecule has 1 saturated carbocycles. The average molecular weight is 338 g/mol. The summed E-state index contributed by atoms with van der Waals surface area (Å²) in [6.07, 6.45) is 7.47. The zero-order valence-electron chi connectivity index (χ0n) is 13.0. The normalized spacial score (nSPS) is 15.4. The number of anilines is 1. The SMILES string of the molecule is COc1ccc(Cl)cc1NC(=O)C(=O)N/N=C/C1CCCCC1. The third-order valence-corrected chi connectivity index (χ3v) is 3.95.